The predicted molar refractivity (Wildman–Crippen MR) is 30.2 cm³/mol. The van der Waals surface area contributed by atoms with Gasteiger partial charge in [0.25, 0.3) is 0 Å². The van der Waals surface area contributed by atoms with Gasteiger partial charge in [-0.2, -0.15) is 0 Å². The summed E-state index contributed by atoms with van der Waals surface area (Å²) in [5, 5.41) is 4.21. The van der Waals surface area contributed by atoms with Crippen LogP contribution in [-0.4, -0.2) is 13.1 Å². The van der Waals surface area contributed by atoms with Gasteiger partial charge in [-0.15, -0.1) is 0 Å². The number of rotatable bonds is 0. The van der Waals surface area contributed by atoms with Gasteiger partial charge in [-0.1, -0.05) is 12.2 Å². The third kappa shape index (κ3) is 1.74. The molecule has 0 aromatic rings. The largest absolute Gasteiger partial charge is 0.241 e. The number of nitrogens with zero attached hydrogens (tertiary/aromatic N) is 1. The quantitative estimate of drug-likeness (QED) is 0.398. The van der Waals surface area contributed by atoms with E-state index in [-0.39, 0.29) is 0 Å². The normalized spacial score (nSPS) is 21.7. The summed E-state index contributed by atoms with van der Waals surface area (Å²) in [5.74, 6) is 0. The highest BCUT2D eigenvalue weighted by molar-refractivity contribution is 4.85. The lowest BCUT2D eigenvalue weighted by molar-refractivity contribution is 0.701. The first-order valence-electron chi connectivity index (χ1n) is 2.78. The molecule has 0 unspecified atom stereocenters. The first-order chi connectivity index (χ1) is 3.50. The van der Waals surface area contributed by atoms with Crippen LogP contribution >= 0.6 is 0 Å². The van der Waals surface area contributed by atoms with Gasteiger partial charge in [0.05, 0.1) is 0 Å². The standard InChI is InChI=1S/C6H10N/c1-2-4-6-7-5-3-1/h1-2H,3-6H2. The molecule has 0 aliphatic carbocycles. The summed E-state index contributed by atoms with van der Waals surface area (Å²) in [6.07, 6.45) is 6.72. The Kier molecular flexibility index (Phi) is 1.94. The fourth-order valence-electron chi connectivity index (χ4n) is 0.679. The lowest BCUT2D eigenvalue weighted by Crippen LogP contribution is -2.03. The topological polar surface area (TPSA) is 14.1 Å². The van der Waals surface area contributed by atoms with Crippen LogP contribution in [0, 0.1) is 0 Å². The minimum Gasteiger partial charge on any atom is -0.241 e. The second-order valence-electron chi connectivity index (χ2n) is 1.72. The van der Waals surface area contributed by atoms with Crippen LogP contribution in [0.2, 0.25) is 0 Å². The van der Waals surface area contributed by atoms with E-state index in [0.29, 0.717) is 0 Å². The second-order valence-corrected chi connectivity index (χ2v) is 1.72. The molecular weight excluding hydrogens is 86.1 g/mol. The average molecular weight is 96.2 g/mol. The highest BCUT2D eigenvalue weighted by Gasteiger charge is 1.88. The molecule has 0 N–H and O–H groups in total. The Bertz CT molecular complexity index is 58.6. The molecule has 0 aromatic heterocycles. The molecule has 0 aromatic carbocycles. The zero-order valence-electron chi connectivity index (χ0n) is 4.43. The van der Waals surface area contributed by atoms with Crippen molar-refractivity contribution >= 4 is 0 Å². The van der Waals surface area contributed by atoms with E-state index in [1.54, 1.807) is 0 Å². The van der Waals surface area contributed by atoms with Crippen molar-refractivity contribution in [3.63, 3.8) is 0 Å². The molecule has 1 heteroatoms. The van der Waals surface area contributed by atoms with Gasteiger partial charge >= 0.3 is 0 Å². The van der Waals surface area contributed by atoms with Gasteiger partial charge in [-0.25, -0.2) is 5.32 Å². The molecule has 0 saturated carbocycles. The minimum atomic E-state index is 1.04. The van der Waals surface area contributed by atoms with Crippen LogP contribution in [0.5, 0.6) is 0 Å². The molecule has 0 spiro atoms. The fraction of sp³-hybridized carbons (Fsp3) is 0.667. The van der Waals surface area contributed by atoms with E-state index in [1.165, 1.54) is 0 Å². The Balaban J connectivity index is 2.20. The van der Waals surface area contributed by atoms with Gasteiger partial charge in [0, 0.05) is 13.1 Å². The summed E-state index contributed by atoms with van der Waals surface area (Å²) in [6, 6.07) is 0. The monoisotopic (exact) mass is 96.1 g/mol. The maximum absolute atomic E-state index is 4.21. The SMILES string of the molecule is C1=CCC[N]CC1. The zero-order chi connectivity index (χ0) is 4.95. The number of hydrogen-bond acceptors (Lipinski definition) is 0. The summed E-state index contributed by atoms with van der Waals surface area (Å²) in [7, 11) is 0. The van der Waals surface area contributed by atoms with Crippen molar-refractivity contribution < 1.29 is 0 Å². The zero-order valence-corrected chi connectivity index (χ0v) is 4.43. The third-order valence-corrected chi connectivity index (χ3v) is 1.07. The van der Waals surface area contributed by atoms with Crippen LogP contribution < -0.4 is 5.32 Å². The molecule has 1 nitrogen and oxygen atoms in total. The summed E-state index contributed by atoms with van der Waals surface area (Å²) < 4.78 is 0. The van der Waals surface area contributed by atoms with Crippen LogP contribution in [0.4, 0.5) is 0 Å². The maximum atomic E-state index is 4.21. The number of hydrogen-bond donors (Lipinski definition) is 0. The smallest absolute Gasteiger partial charge is 0.0168 e. The lowest BCUT2D eigenvalue weighted by atomic mass is 10.4. The van der Waals surface area contributed by atoms with Gasteiger partial charge in [0.2, 0.25) is 0 Å². The van der Waals surface area contributed by atoms with Crippen molar-refractivity contribution in [3.05, 3.63) is 12.2 Å². The Labute approximate surface area is 44.4 Å². The van der Waals surface area contributed by atoms with E-state index in [0.717, 1.165) is 25.9 Å². The van der Waals surface area contributed by atoms with Crippen LogP contribution in [0.3, 0.4) is 0 Å². The van der Waals surface area contributed by atoms with Crippen molar-refractivity contribution in [1.82, 2.24) is 5.32 Å². The first kappa shape index (κ1) is 4.85. The van der Waals surface area contributed by atoms with E-state index in [2.05, 4.69) is 17.5 Å². The van der Waals surface area contributed by atoms with E-state index < -0.39 is 0 Å². The molecule has 1 heterocycles. The van der Waals surface area contributed by atoms with Gasteiger partial charge < -0.3 is 0 Å². The first-order valence-corrected chi connectivity index (χ1v) is 2.78. The average Bonchev–Trinajstić information content (AvgIpc) is 1.90. The highest BCUT2D eigenvalue weighted by Crippen LogP contribution is 1.90. The Morgan fingerprint density at radius 1 is 1.00 bits per heavy atom. The summed E-state index contributed by atoms with van der Waals surface area (Å²) in [4.78, 5) is 0. The molecule has 7 heavy (non-hydrogen) atoms. The Morgan fingerprint density at radius 3 is 2.14 bits per heavy atom. The maximum Gasteiger partial charge on any atom is 0.0168 e. The molecule has 0 bridgehead atoms. The molecule has 1 rings (SSSR count). The Morgan fingerprint density at radius 2 is 1.57 bits per heavy atom. The van der Waals surface area contributed by atoms with Gasteiger partial charge in [-0.05, 0) is 12.8 Å². The Hall–Kier alpha value is -0.300. The van der Waals surface area contributed by atoms with Crippen LogP contribution in [0.25, 0.3) is 0 Å². The molecule has 0 amide bonds. The second kappa shape index (κ2) is 2.80. The third-order valence-electron chi connectivity index (χ3n) is 1.07. The van der Waals surface area contributed by atoms with E-state index >= 15 is 0 Å². The molecule has 1 aliphatic rings. The molecule has 1 aliphatic heterocycles. The van der Waals surface area contributed by atoms with E-state index in [1.807, 2.05) is 0 Å². The summed E-state index contributed by atoms with van der Waals surface area (Å²) in [5.41, 5.74) is 0. The lowest BCUT2D eigenvalue weighted by Gasteiger charge is -1.88. The van der Waals surface area contributed by atoms with Crippen molar-refractivity contribution in [1.29, 1.82) is 0 Å². The highest BCUT2D eigenvalue weighted by atomic mass is 14.8. The molecule has 0 fully saturated rings. The van der Waals surface area contributed by atoms with Crippen molar-refractivity contribution in [2.75, 3.05) is 13.1 Å². The molecule has 1 radical (unpaired) electrons. The molecular formula is C6H10N. The summed E-state index contributed by atoms with van der Waals surface area (Å²) >= 11 is 0. The van der Waals surface area contributed by atoms with Crippen LogP contribution in [-0.2, 0) is 0 Å². The van der Waals surface area contributed by atoms with Crippen molar-refractivity contribution in [2.45, 2.75) is 12.8 Å². The minimum absolute atomic E-state index is 1.04. The van der Waals surface area contributed by atoms with E-state index in [9.17, 15) is 0 Å². The van der Waals surface area contributed by atoms with Gasteiger partial charge in [-0.3, -0.25) is 0 Å². The van der Waals surface area contributed by atoms with Crippen molar-refractivity contribution in [3.8, 4) is 0 Å². The molecule has 0 saturated heterocycles. The van der Waals surface area contributed by atoms with Crippen LogP contribution in [0.15, 0.2) is 12.2 Å². The molecule has 39 valence electrons. The molecule has 0 atom stereocenters. The van der Waals surface area contributed by atoms with Crippen LogP contribution in [0.1, 0.15) is 12.8 Å². The van der Waals surface area contributed by atoms with Gasteiger partial charge in [0.1, 0.15) is 0 Å². The fourth-order valence-corrected chi connectivity index (χ4v) is 0.679. The summed E-state index contributed by atoms with van der Waals surface area (Å²) in [6.45, 7) is 2.08. The van der Waals surface area contributed by atoms with E-state index in [4.69, 9.17) is 0 Å². The van der Waals surface area contributed by atoms with Gasteiger partial charge in [0.15, 0.2) is 0 Å². The van der Waals surface area contributed by atoms with Crippen molar-refractivity contribution in [2.24, 2.45) is 0 Å². The predicted octanol–water partition coefficient (Wildman–Crippen LogP) is 0.941.